The number of carbonyl (C=O) groups excluding carboxylic acids is 1. The van der Waals surface area contributed by atoms with Gasteiger partial charge in [-0.05, 0) is 32.1 Å². The summed E-state index contributed by atoms with van der Waals surface area (Å²) in [7, 11) is -1.70. The summed E-state index contributed by atoms with van der Waals surface area (Å²) in [6, 6.07) is 0. The number of hydrogen-bond donors (Lipinski definition) is 2. The molecule has 0 saturated carbocycles. The van der Waals surface area contributed by atoms with Crippen molar-refractivity contribution in [2.24, 2.45) is 4.99 Å². The van der Waals surface area contributed by atoms with Crippen molar-refractivity contribution in [3.63, 3.8) is 0 Å². The Morgan fingerprint density at radius 2 is 1.77 bits per heavy atom. The molecule has 2 unspecified atom stereocenters. The van der Waals surface area contributed by atoms with Crippen LogP contribution in [0.3, 0.4) is 0 Å². The number of nitrogens with zero attached hydrogens (tertiary/aromatic N) is 3. The Labute approximate surface area is 179 Å². The Morgan fingerprint density at radius 1 is 1.03 bits per heavy atom. The van der Waals surface area contributed by atoms with Crippen molar-refractivity contribution in [1.29, 1.82) is 0 Å². The highest BCUT2D eigenvalue weighted by Gasteiger charge is 2.31. The topological polar surface area (TPSA) is 113 Å². The maximum Gasteiger partial charge on any atom is 0.251 e. The van der Waals surface area contributed by atoms with Crippen molar-refractivity contribution < 1.29 is 22.7 Å². The van der Waals surface area contributed by atoms with Crippen LogP contribution in [0.1, 0.15) is 32.1 Å². The minimum Gasteiger partial charge on any atom is -0.377 e. The molecule has 30 heavy (non-hydrogen) atoms. The predicted octanol–water partition coefficient (Wildman–Crippen LogP) is -0.626. The largest absolute Gasteiger partial charge is 0.377 e. The van der Waals surface area contributed by atoms with Crippen LogP contribution >= 0.6 is 0 Å². The van der Waals surface area contributed by atoms with Gasteiger partial charge in [0.25, 0.3) is 5.91 Å². The van der Waals surface area contributed by atoms with Gasteiger partial charge in [-0.25, -0.2) is 13.1 Å². The third-order valence-corrected chi connectivity index (χ3v) is 7.11. The summed E-state index contributed by atoms with van der Waals surface area (Å²) in [4.78, 5) is 20.6. The second kappa shape index (κ2) is 11.3. The van der Waals surface area contributed by atoms with Crippen molar-refractivity contribution in [3.05, 3.63) is 0 Å². The number of nitrogens with one attached hydrogen (secondary N) is 2. The van der Waals surface area contributed by atoms with Crippen molar-refractivity contribution >= 4 is 21.9 Å². The van der Waals surface area contributed by atoms with Gasteiger partial charge >= 0.3 is 0 Å². The van der Waals surface area contributed by atoms with Crippen LogP contribution in [-0.4, -0.2) is 108 Å². The first-order chi connectivity index (χ1) is 14.5. The Morgan fingerprint density at radius 3 is 2.40 bits per heavy atom. The molecule has 172 valence electrons. The summed E-state index contributed by atoms with van der Waals surface area (Å²) < 4.78 is 38.2. The molecule has 0 aromatic carbocycles. The molecule has 3 rings (SSSR count). The Balaban J connectivity index is 1.36. The summed E-state index contributed by atoms with van der Waals surface area (Å²) in [5.74, 6) is 0.704. The molecule has 0 bridgehead atoms. The number of carbonyl (C=O) groups is 1. The van der Waals surface area contributed by atoms with E-state index in [1.165, 1.54) is 0 Å². The van der Waals surface area contributed by atoms with Crippen molar-refractivity contribution in [1.82, 2.24) is 19.8 Å². The number of rotatable bonds is 7. The van der Waals surface area contributed by atoms with E-state index in [2.05, 4.69) is 19.9 Å². The van der Waals surface area contributed by atoms with Crippen molar-refractivity contribution in [2.75, 3.05) is 65.3 Å². The molecule has 3 aliphatic heterocycles. The van der Waals surface area contributed by atoms with Gasteiger partial charge in [0.2, 0.25) is 10.0 Å². The van der Waals surface area contributed by atoms with E-state index in [1.54, 1.807) is 7.05 Å². The van der Waals surface area contributed by atoms with E-state index < -0.39 is 10.0 Å². The standard InChI is InChI=1S/C19H35N5O5S/c1-20-19(21-7-14-30(26,27)22-15-16-5-2-3-12-28-16)24-10-8-23(9-11-24)18(25)17-6-4-13-29-17/h16-17,22H,2-15H2,1H3,(H,20,21). The third kappa shape index (κ3) is 6.79. The smallest absolute Gasteiger partial charge is 0.251 e. The zero-order chi connectivity index (χ0) is 21.4. The van der Waals surface area contributed by atoms with Gasteiger partial charge in [0.1, 0.15) is 6.10 Å². The zero-order valence-corrected chi connectivity index (χ0v) is 18.7. The van der Waals surface area contributed by atoms with Crippen LogP contribution in [0.25, 0.3) is 0 Å². The molecule has 0 radical (unpaired) electrons. The van der Waals surface area contributed by atoms with Crippen LogP contribution in [0.2, 0.25) is 0 Å². The Kier molecular flexibility index (Phi) is 8.72. The average Bonchev–Trinajstić information content (AvgIpc) is 3.31. The van der Waals surface area contributed by atoms with Gasteiger partial charge in [-0.15, -0.1) is 0 Å². The second-order valence-corrected chi connectivity index (χ2v) is 9.87. The fraction of sp³-hybridized carbons (Fsp3) is 0.895. The molecule has 3 fully saturated rings. The molecule has 3 aliphatic rings. The quantitative estimate of drug-likeness (QED) is 0.396. The fourth-order valence-corrected chi connectivity index (χ4v) is 4.96. The first-order valence-electron chi connectivity index (χ1n) is 10.9. The molecule has 3 heterocycles. The summed E-state index contributed by atoms with van der Waals surface area (Å²) >= 11 is 0. The number of ether oxygens (including phenoxy) is 2. The SMILES string of the molecule is CN=C(NCCS(=O)(=O)NCC1CCCCO1)N1CCN(C(=O)C2CCCO2)CC1. The summed E-state index contributed by atoms with van der Waals surface area (Å²) in [5, 5.41) is 3.13. The van der Waals surface area contributed by atoms with Gasteiger partial charge in [0.15, 0.2) is 5.96 Å². The highest BCUT2D eigenvalue weighted by atomic mass is 32.2. The monoisotopic (exact) mass is 445 g/mol. The first kappa shape index (κ1) is 23.2. The number of guanidine groups is 1. The number of hydrogen-bond acceptors (Lipinski definition) is 6. The Hall–Kier alpha value is -1.43. The third-order valence-electron chi connectivity index (χ3n) is 5.77. The van der Waals surface area contributed by atoms with Crippen LogP contribution in [0.15, 0.2) is 4.99 Å². The van der Waals surface area contributed by atoms with E-state index >= 15 is 0 Å². The van der Waals surface area contributed by atoms with E-state index in [9.17, 15) is 13.2 Å². The molecule has 3 saturated heterocycles. The zero-order valence-electron chi connectivity index (χ0n) is 17.8. The molecule has 0 spiro atoms. The van der Waals surface area contributed by atoms with Gasteiger partial charge in [0, 0.05) is 59.5 Å². The molecular weight excluding hydrogens is 410 g/mol. The summed E-state index contributed by atoms with van der Waals surface area (Å²) in [6.07, 6.45) is 4.46. The molecule has 0 aliphatic carbocycles. The lowest BCUT2D eigenvalue weighted by Gasteiger charge is -2.37. The van der Waals surface area contributed by atoms with Crippen LogP contribution < -0.4 is 10.0 Å². The van der Waals surface area contributed by atoms with E-state index in [1.807, 2.05) is 4.90 Å². The van der Waals surface area contributed by atoms with Crippen LogP contribution in [0, 0.1) is 0 Å². The highest BCUT2D eigenvalue weighted by Crippen LogP contribution is 2.16. The molecule has 2 N–H and O–H groups in total. The lowest BCUT2D eigenvalue weighted by molar-refractivity contribution is -0.142. The number of piperazine rings is 1. The Bertz CT molecular complexity index is 681. The fourth-order valence-electron chi connectivity index (χ4n) is 4.00. The average molecular weight is 446 g/mol. The molecule has 0 aromatic rings. The molecular formula is C19H35N5O5S. The summed E-state index contributed by atoms with van der Waals surface area (Å²) in [6.45, 7) is 4.50. The van der Waals surface area contributed by atoms with Gasteiger partial charge in [-0.2, -0.15) is 0 Å². The predicted molar refractivity (Wildman–Crippen MR) is 114 cm³/mol. The van der Waals surface area contributed by atoms with Crippen LogP contribution in [0.5, 0.6) is 0 Å². The van der Waals surface area contributed by atoms with Crippen molar-refractivity contribution in [2.45, 2.75) is 44.3 Å². The first-order valence-corrected chi connectivity index (χ1v) is 12.6. The maximum absolute atomic E-state index is 12.5. The second-order valence-electron chi connectivity index (χ2n) is 7.94. The van der Waals surface area contributed by atoms with Crippen LogP contribution in [-0.2, 0) is 24.3 Å². The number of amides is 1. The van der Waals surface area contributed by atoms with Gasteiger partial charge in [-0.3, -0.25) is 9.79 Å². The summed E-state index contributed by atoms with van der Waals surface area (Å²) in [5.41, 5.74) is 0. The van der Waals surface area contributed by atoms with Gasteiger partial charge in [-0.1, -0.05) is 0 Å². The number of sulfonamides is 1. The number of aliphatic imine (C=N–C) groups is 1. The normalized spacial score (nSPS) is 26.1. The minimum absolute atomic E-state index is 0.0251. The maximum atomic E-state index is 12.5. The minimum atomic E-state index is -3.38. The molecule has 11 heteroatoms. The van der Waals surface area contributed by atoms with Crippen LogP contribution in [0.4, 0.5) is 0 Å². The van der Waals surface area contributed by atoms with E-state index in [4.69, 9.17) is 9.47 Å². The van der Waals surface area contributed by atoms with E-state index in [-0.39, 0.29) is 30.4 Å². The van der Waals surface area contributed by atoms with E-state index in [0.717, 1.165) is 32.1 Å². The van der Waals surface area contributed by atoms with Gasteiger partial charge in [0.05, 0.1) is 11.9 Å². The van der Waals surface area contributed by atoms with E-state index in [0.29, 0.717) is 51.9 Å². The van der Waals surface area contributed by atoms with Crippen molar-refractivity contribution in [3.8, 4) is 0 Å². The lowest BCUT2D eigenvalue weighted by atomic mass is 10.1. The molecule has 0 aromatic heterocycles. The molecule has 2 atom stereocenters. The molecule has 1 amide bonds. The lowest BCUT2D eigenvalue weighted by Crippen LogP contribution is -2.55. The molecule has 10 nitrogen and oxygen atoms in total. The van der Waals surface area contributed by atoms with Gasteiger partial charge < -0.3 is 24.6 Å². The highest BCUT2D eigenvalue weighted by molar-refractivity contribution is 7.89.